The summed E-state index contributed by atoms with van der Waals surface area (Å²) in [7, 11) is 0. The molecule has 1 aliphatic heterocycles. The van der Waals surface area contributed by atoms with E-state index in [2.05, 4.69) is 0 Å². The van der Waals surface area contributed by atoms with E-state index in [0.717, 1.165) is 19.3 Å². The van der Waals surface area contributed by atoms with Gasteiger partial charge in [0.1, 0.15) is 5.82 Å². The van der Waals surface area contributed by atoms with Crippen molar-refractivity contribution in [3.05, 3.63) is 70.5 Å². The number of benzene rings is 2. The average Bonchev–Trinajstić information content (AvgIpc) is 2.81. The summed E-state index contributed by atoms with van der Waals surface area (Å²) in [5.41, 5.74) is 1.34. The smallest absolute Gasteiger partial charge is 0.256 e. The first-order valence-electron chi connectivity index (χ1n) is 7.94. The lowest BCUT2D eigenvalue weighted by Gasteiger charge is -2.25. The predicted molar refractivity (Wildman–Crippen MR) is 90.3 cm³/mol. The molecule has 0 N–H and O–H groups in total. The van der Waals surface area contributed by atoms with Crippen molar-refractivity contribution in [3.63, 3.8) is 0 Å². The minimum atomic E-state index is -0.454. The molecule has 1 aliphatic rings. The highest BCUT2D eigenvalue weighted by atomic mass is 35.5. The van der Waals surface area contributed by atoms with Gasteiger partial charge < -0.3 is 4.90 Å². The number of likely N-dealkylation sites (tertiary alicyclic amines) is 1. The maximum absolute atomic E-state index is 13.9. The molecular formula is C19H19ClFNO. The molecule has 0 radical (unpaired) electrons. The third-order valence-electron chi connectivity index (χ3n) is 4.40. The summed E-state index contributed by atoms with van der Waals surface area (Å²) in [6.45, 7) is 1.30. The van der Waals surface area contributed by atoms with Gasteiger partial charge in [-0.05, 0) is 42.7 Å². The topological polar surface area (TPSA) is 20.3 Å². The van der Waals surface area contributed by atoms with Crippen LogP contribution in [0.5, 0.6) is 0 Å². The molecular weight excluding hydrogens is 313 g/mol. The number of nitrogens with zero attached hydrogens (tertiary/aromatic N) is 1. The van der Waals surface area contributed by atoms with Crippen molar-refractivity contribution in [2.24, 2.45) is 0 Å². The molecule has 1 unspecified atom stereocenters. The Morgan fingerprint density at radius 3 is 2.57 bits per heavy atom. The monoisotopic (exact) mass is 331 g/mol. The molecule has 0 aliphatic carbocycles. The molecule has 1 amide bonds. The third kappa shape index (κ3) is 3.73. The van der Waals surface area contributed by atoms with Crippen molar-refractivity contribution in [1.82, 2.24) is 4.90 Å². The van der Waals surface area contributed by atoms with Gasteiger partial charge in [0.2, 0.25) is 0 Å². The molecule has 1 atom stereocenters. The van der Waals surface area contributed by atoms with Gasteiger partial charge in [-0.3, -0.25) is 4.79 Å². The van der Waals surface area contributed by atoms with Crippen LogP contribution in [0.4, 0.5) is 4.39 Å². The molecule has 1 saturated heterocycles. The van der Waals surface area contributed by atoms with Gasteiger partial charge in [-0.25, -0.2) is 4.39 Å². The first-order valence-corrected chi connectivity index (χ1v) is 8.32. The molecule has 0 spiro atoms. The van der Waals surface area contributed by atoms with Crippen LogP contribution in [0, 0.1) is 5.82 Å². The Labute approximate surface area is 140 Å². The van der Waals surface area contributed by atoms with E-state index in [1.54, 1.807) is 23.1 Å². The zero-order valence-corrected chi connectivity index (χ0v) is 13.6. The van der Waals surface area contributed by atoms with Crippen LogP contribution in [0.2, 0.25) is 5.02 Å². The summed E-state index contributed by atoms with van der Waals surface area (Å²) in [6.07, 6.45) is 3.04. The van der Waals surface area contributed by atoms with Gasteiger partial charge in [0.05, 0.1) is 5.56 Å². The van der Waals surface area contributed by atoms with Gasteiger partial charge in [0.15, 0.2) is 0 Å². The summed E-state index contributed by atoms with van der Waals surface area (Å²) >= 11 is 5.95. The Bertz CT molecular complexity index is 686. The van der Waals surface area contributed by atoms with E-state index in [1.165, 1.54) is 11.6 Å². The molecule has 0 aromatic heterocycles. The lowest BCUT2D eigenvalue weighted by atomic mass is 9.94. The Balaban J connectivity index is 1.81. The predicted octanol–water partition coefficient (Wildman–Crippen LogP) is 4.89. The zero-order chi connectivity index (χ0) is 16.2. The molecule has 3 rings (SSSR count). The lowest BCUT2D eigenvalue weighted by molar-refractivity contribution is 0.0750. The molecule has 2 aromatic rings. The van der Waals surface area contributed by atoms with Crippen LogP contribution in [0.15, 0.2) is 48.5 Å². The van der Waals surface area contributed by atoms with E-state index in [1.807, 2.05) is 24.3 Å². The highest BCUT2D eigenvalue weighted by molar-refractivity contribution is 6.30. The molecule has 23 heavy (non-hydrogen) atoms. The van der Waals surface area contributed by atoms with Gasteiger partial charge in [0, 0.05) is 24.0 Å². The van der Waals surface area contributed by atoms with Crippen molar-refractivity contribution in [2.75, 3.05) is 13.1 Å². The SMILES string of the molecule is O=C(c1ccccc1F)N1CCCCC(c2ccc(Cl)cc2)C1. The summed E-state index contributed by atoms with van der Waals surface area (Å²) in [4.78, 5) is 14.5. The van der Waals surface area contributed by atoms with Crippen molar-refractivity contribution >= 4 is 17.5 Å². The maximum Gasteiger partial charge on any atom is 0.256 e. The number of carbonyl (C=O) groups is 1. The molecule has 4 heteroatoms. The van der Waals surface area contributed by atoms with E-state index >= 15 is 0 Å². The maximum atomic E-state index is 13.9. The van der Waals surface area contributed by atoms with Crippen molar-refractivity contribution in [1.29, 1.82) is 0 Å². The van der Waals surface area contributed by atoms with Gasteiger partial charge in [-0.15, -0.1) is 0 Å². The second-order valence-electron chi connectivity index (χ2n) is 5.98. The van der Waals surface area contributed by atoms with Gasteiger partial charge >= 0.3 is 0 Å². The van der Waals surface area contributed by atoms with E-state index in [-0.39, 0.29) is 17.4 Å². The Morgan fingerprint density at radius 2 is 1.83 bits per heavy atom. The molecule has 120 valence electrons. The average molecular weight is 332 g/mol. The van der Waals surface area contributed by atoms with Crippen LogP contribution in [-0.2, 0) is 0 Å². The molecule has 1 heterocycles. The van der Waals surface area contributed by atoms with Crippen molar-refractivity contribution < 1.29 is 9.18 Å². The number of carbonyl (C=O) groups excluding carboxylic acids is 1. The molecule has 0 saturated carbocycles. The van der Waals surface area contributed by atoms with Gasteiger partial charge in [-0.2, -0.15) is 0 Å². The molecule has 2 nitrogen and oxygen atoms in total. The highest BCUT2D eigenvalue weighted by Crippen LogP contribution is 2.28. The van der Waals surface area contributed by atoms with Crippen LogP contribution < -0.4 is 0 Å². The normalized spacial score (nSPS) is 18.5. The van der Waals surface area contributed by atoms with Crippen LogP contribution in [0.25, 0.3) is 0 Å². The summed E-state index contributed by atoms with van der Waals surface area (Å²) in [5.74, 6) is -0.403. The standard InChI is InChI=1S/C19H19ClFNO/c20-16-10-8-14(9-11-16)15-5-3-4-12-22(13-15)19(23)17-6-1-2-7-18(17)21/h1-2,6-11,15H,3-5,12-13H2. The summed E-state index contributed by atoms with van der Waals surface area (Å²) in [5, 5.41) is 0.710. The first-order chi connectivity index (χ1) is 11.1. The van der Waals surface area contributed by atoms with Gasteiger partial charge in [0.25, 0.3) is 5.91 Å². The minimum Gasteiger partial charge on any atom is -0.338 e. The Kier molecular flexibility index (Phi) is 4.97. The minimum absolute atomic E-state index is 0.157. The number of halogens is 2. The molecule has 0 bridgehead atoms. The van der Waals surface area contributed by atoms with E-state index in [4.69, 9.17) is 11.6 Å². The lowest BCUT2D eigenvalue weighted by Crippen LogP contribution is -2.34. The first kappa shape index (κ1) is 16.0. The van der Waals surface area contributed by atoms with E-state index in [9.17, 15) is 9.18 Å². The van der Waals surface area contributed by atoms with E-state index in [0.29, 0.717) is 18.1 Å². The van der Waals surface area contributed by atoms with Gasteiger partial charge in [-0.1, -0.05) is 42.3 Å². The quantitative estimate of drug-likeness (QED) is 0.767. The third-order valence-corrected chi connectivity index (χ3v) is 4.66. The fourth-order valence-corrected chi connectivity index (χ4v) is 3.26. The van der Waals surface area contributed by atoms with Crippen LogP contribution >= 0.6 is 11.6 Å². The zero-order valence-electron chi connectivity index (χ0n) is 12.8. The van der Waals surface area contributed by atoms with Crippen LogP contribution in [0.1, 0.15) is 41.1 Å². The Morgan fingerprint density at radius 1 is 1.09 bits per heavy atom. The fourth-order valence-electron chi connectivity index (χ4n) is 3.14. The molecule has 2 aromatic carbocycles. The van der Waals surface area contributed by atoms with Crippen LogP contribution in [0.3, 0.4) is 0 Å². The number of hydrogen-bond donors (Lipinski definition) is 0. The van der Waals surface area contributed by atoms with Crippen molar-refractivity contribution in [3.8, 4) is 0 Å². The Hall–Kier alpha value is -1.87. The van der Waals surface area contributed by atoms with E-state index < -0.39 is 5.82 Å². The number of amides is 1. The second-order valence-corrected chi connectivity index (χ2v) is 6.41. The summed E-state index contributed by atoms with van der Waals surface area (Å²) in [6, 6.07) is 14.0. The van der Waals surface area contributed by atoms with Crippen LogP contribution in [-0.4, -0.2) is 23.9 Å². The summed E-state index contributed by atoms with van der Waals surface area (Å²) < 4.78 is 13.9. The fraction of sp³-hybridized carbons (Fsp3) is 0.316. The van der Waals surface area contributed by atoms with Crippen molar-refractivity contribution in [2.45, 2.75) is 25.2 Å². The molecule has 1 fully saturated rings. The number of hydrogen-bond acceptors (Lipinski definition) is 1. The second kappa shape index (κ2) is 7.14. The largest absolute Gasteiger partial charge is 0.338 e. The highest BCUT2D eigenvalue weighted by Gasteiger charge is 2.25. The number of rotatable bonds is 2.